The largest absolute Gasteiger partial charge is 0.481 e. The van der Waals surface area contributed by atoms with E-state index in [1.165, 1.54) is 35.1 Å². The van der Waals surface area contributed by atoms with Crippen LogP contribution in [0.1, 0.15) is 105 Å². The first-order valence-corrected chi connectivity index (χ1v) is 22.7. The fraction of sp³-hybridized carbons (Fsp3) is 0.694. The average Bonchev–Trinajstić information content (AvgIpc) is 3.52. The molecule has 0 radical (unpaired) electrons. The number of rotatable bonds is 12. The molecule has 0 heterocycles. The molecule has 2 N–H and O–H groups in total. The van der Waals surface area contributed by atoms with Crippen LogP contribution in [0, 0.1) is 70.0 Å². The minimum atomic E-state index is -0.669. The fourth-order valence-corrected chi connectivity index (χ4v) is 13.6. The molecule has 0 spiro atoms. The van der Waals surface area contributed by atoms with Crippen molar-refractivity contribution in [2.24, 2.45) is 70.0 Å². The number of nitrogens with zero attached hydrogens (tertiary/aromatic N) is 2. The summed E-state index contributed by atoms with van der Waals surface area (Å²) >= 11 is 6.19. The van der Waals surface area contributed by atoms with Crippen LogP contribution in [0.25, 0.3) is 0 Å². The zero-order valence-electron chi connectivity index (χ0n) is 36.1. The zero-order valence-corrected chi connectivity index (χ0v) is 36.8. The van der Waals surface area contributed by atoms with Gasteiger partial charge < -0.3 is 15.3 Å². The molecule has 7 rings (SSSR count). The van der Waals surface area contributed by atoms with Crippen LogP contribution in [0.2, 0.25) is 5.02 Å². The number of carboxylic acids is 1. The number of allylic oxidation sites excluding steroid dienone is 6. The normalized spacial score (nSPS) is 34.7. The second kappa shape index (κ2) is 16.7. The van der Waals surface area contributed by atoms with Gasteiger partial charge in [-0.2, -0.15) is 0 Å². The number of halogens is 1. The van der Waals surface area contributed by atoms with E-state index >= 15 is 0 Å². The number of Topliss-reactive ketones (excluding diaryl/α,β-unsaturated/α-hetero) is 1. The van der Waals surface area contributed by atoms with Crippen molar-refractivity contribution >= 4 is 29.3 Å². The van der Waals surface area contributed by atoms with Crippen molar-refractivity contribution in [3.63, 3.8) is 0 Å². The lowest BCUT2D eigenvalue weighted by Gasteiger charge is -2.65. The van der Waals surface area contributed by atoms with E-state index in [2.05, 4.69) is 95.0 Å². The van der Waals surface area contributed by atoms with Crippen LogP contribution in [0.15, 0.2) is 58.7 Å². The standard InChI is InChI=1S/C49H70ClN3O4/c1-29(2)43-42(54)27-36-37(46(55)51-21-22-53(24-23-52(7)8)28-31-9-15-34(50)16-10-31)26-41-35(45(36)43)17-18-39-44-30(3)25-40(32-11-13-33(14-12-32)47(56)57)48(4,5)38(44)19-20-49(39,41)6/h9-11,15-16,25,29-30,33,35-39,41,44H,12-14,17-24,26-28H2,1-8H3,(H,51,55)(H,56,57)/t30-,33-,35+,36?,37+,38?,39?,41-,44?,49-/m1/s1. The molecule has 8 heteroatoms. The number of amides is 1. The van der Waals surface area contributed by atoms with E-state index in [9.17, 15) is 19.5 Å². The molecule has 1 aromatic rings. The van der Waals surface area contributed by atoms with E-state index in [1.54, 1.807) is 0 Å². The molecule has 312 valence electrons. The highest BCUT2D eigenvalue weighted by atomic mass is 35.5. The third-order valence-corrected chi connectivity index (χ3v) is 16.5. The topological polar surface area (TPSA) is 90.0 Å². The maximum absolute atomic E-state index is 14.6. The van der Waals surface area contributed by atoms with Crippen molar-refractivity contribution in [2.75, 3.05) is 40.3 Å². The summed E-state index contributed by atoms with van der Waals surface area (Å²) in [5, 5.41) is 13.8. The maximum atomic E-state index is 14.6. The SMILES string of the molecule is CC(C)C1=C2C(CC1=O)[C@@H](C(=O)NCCN(CCN(C)C)Cc1ccc(Cl)cc1)C[C@@H]1[C@@H]2CCC2C3C(CC[C@]21C)C(C)(C)C(C1=CC[C@@H](C(=O)O)CC1)=C[C@H]3C. The van der Waals surface area contributed by atoms with Crippen LogP contribution >= 0.6 is 11.6 Å². The molecule has 3 saturated carbocycles. The molecular formula is C49H70ClN3O4. The van der Waals surface area contributed by atoms with E-state index in [0.29, 0.717) is 54.9 Å². The fourth-order valence-electron chi connectivity index (χ4n) is 13.5. The molecule has 6 aliphatic rings. The van der Waals surface area contributed by atoms with Crippen LogP contribution < -0.4 is 5.32 Å². The van der Waals surface area contributed by atoms with Gasteiger partial charge in [-0.3, -0.25) is 19.3 Å². The summed E-state index contributed by atoms with van der Waals surface area (Å²) in [7, 11) is 4.19. The van der Waals surface area contributed by atoms with Crippen LogP contribution in [0.4, 0.5) is 0 Å². The first-order chi connectivity index (χ1) is 27.0. The Labute approximate surface area is 348 Å². The highest BCUT2D eigenvalue weighted by Gasteiger charge is 2.62. The zero-order chi connectivity index (χ0) is 41.0. The third kappa shape index (κ3) is 8.12. The van der Waals surface area contributed by atoms with E-state index in [1.807, 2.05) is 12.1 Å². The smallest absolute Gasteiger partial charge is 0.306 e. The number of ketones is 1. The molecule has 57 heavy (non-hydrogen) atoms. The van der Waals surface area contributed by atoms with Crippen LogP contribution in [0.5, 0.6) is 0 Å². The van der Waals surface area contributed by atoms with Gasteiger partial charge in [0.2, 0.25) is 5.91 Å². The second-order valence-electron chi connectivity index (χ2n) is 20.4. The Morgan fingerprint density at radius 3 is 2.35 bits per heavy atom. The molecule has 4 unspecified atom stereocenters. The van der Waals surface area contributed by atoms with E-state index in [0.717, 1.165) is 68.9 Å². The summed E-state index contributed by atoms with van der Waals surface area (Å²) in [5.41, 5.74) is 6.61. The van der Waals surface area contributed by atoms with Gasteiger partial charge in [0.1, 0.15) is 0 Å². The number of benzene rings is 1. The first kappa shape index (κ1) is 42.4. The van der Waals surface area contributed by atoms with Gasteiger partial charge in [0, 0.05) is 50.1 Å². The van der Waals surface area contributed by atoms with Crippen molar-refractivity contribution in [3.8, 4) is 0 Å². The van der Waals surface area contributed by atoms with Crippen molar-refractivity contribution in [1.82, 2.24) is 15.1 Å². The molecule has 1 amide bonds. The Hall–Kier alpha value is -2.74. The van der Waals surface area contributed by atoms with E-state index in [-0.39, 0.29) is 46.2 Å². The first-order valence-electron chi connectivity index (χ1n) is 22.3. The van der Waals surface area contributed by atoms with Crippen LogP contribution in [-0.2, 0) is 20.9 Å². The summed E-state index contributed by atoms with van der Waals surface area (Å²) in [5.74, 6) is 2.41. The number of carboxylic acid groups (broad SMARTS) is 1. The molecular weight excluding hydrogens is 730 g/mol. The number of hydrogen-bond acceptors (Lipinski definition) is 5. The number of nitrogens with one attached hydrogen (secondary N) is 1. The molecule has 0 aromatic heterocycles. The predicted octanol–water partition coefficient (Wildman–Crippen LogP) is 9.47. The van der Waals surface area contributed by atoms with Gasteiger partial charge in [-0.05, 0) is 158 Å². The van der Waals surface area contributed by atoms with Crippen LogP contribution in [-0.4, -0.2) is 72.8 Å². The quantitative estimate of drug-likeness (QED) is 0.219. The van der Waals surface area contributed by atoms with Gasteiger partial charge in [-0.15, -0.1) is 0 Å². The monoisotopic (exact) mass is 800 g/mol. The molecule has 0 aliphatic heterocycles. The van der Waals surface area contributed by atoms with E-state index in [4.69, 9.17) is 11.6 Å². The Kier molecular flexibility index (Phi) is 12.4. The summed E-state index contributed by atoms with van der Waals surface area (Å²) < 4.78 is 0. The van der Waals surface area contributed by atoms with Gasteiger partial charge in [0.05, 0.1) is 5.92 Å². The summed E-state index contributed by atoms with van der Waals surface area (Å²) in [6, 6.07) is 8.06. The Bertz CT molecular complexity index is 1790. The Morgan fingerprint density at radius 1 is 0.965 bits per heavy atom. The Balaban J connectivity index is 1.12. The lowest BCUT2D eigenvalue weighted by atomic mass is 9.40. The van der Waals surface area contributed by atoms with Crippen molar-refractivity contribution in [2.45, 2.75) is 106 Å². The second-order valence-corrected chi connectivity index (χ2v) is 20.9. The molecule has 3 fully saturated rings. The number of fused-ring (bicyclic) bond motifs is 7. The predicted molar refractivity (Wildman–Crippen MR) is 229 cm³/mol. The number of likely N-dealkylation sites (N-methyl/N-ethyl adjacent to an activating group) is 1. The highest BCUT2D eigenvalue weighted by molar-refractivity contribution is 6.30. The molecule has 0 bridgehead atoms. The number of hydrogen-bond donors (Lipinski definition) is 2. The van der Waals surface area contributed by atoms with Crippen LogP contribution in [0.3, 0.4) is 0 Å². The molecule has 10 atom stereocenters. The van der Waals surface area contributed by atoms with Gasteiger partial charge in [-0.1, -0.05) is 83.0 Å². The average molecular weight is 801 g/mol. The number of carbonyl (C=O) groups is 3. The van der Waals surface area contributed by atoms with Crippen molar-refractivity contribution in [3.05, 3.63) is 69.3 Å². The lowest BCUT2D eigenvalue weighted by Crippen LogP contribution is -2.58. The summed E-state index contributed by atoms with van der Waals surface area (Å²) in [6.07, 6.45) is 13.1. The summed E-state index contributed by atoms with van der Waals surface area (Å²) in [4.78, 5) is 44.8. The van der Waals surface area contributed by atoms with Gasteiger partial charge in [0.25, 0.3) is 0 Å². The highest BCUT2D eigenvalue weighted by Crippen LogP contribution is 2.69. The van der Waals surface area contributed by atoms with E-state index < -0.39 is 5.97 Å². The molecule has 6 aliphatic carbocycles. The van der Waals surface area contributed by atoms with Gasteiger partial charge in [-0.25, -0.2) is 0 Å². The summed E-state index contributed by atoms with van der Waals surface area (Å²) in [6.45, 7) is 18.3. The lowest BCUT2D eigenvalue weighted by molar-refractivity contribution is -0.142. The molecule has 1 aromatic carbocycles. The van der Waals surface area contributed by atoms with Crippen molar-refractivity contribution in [1.29, 1.82) is 0 Å². The maximum Gasteiger partial charge on any atom is 0.306 e. The molecule has 7 nitrogen and oxygen atoms in total. The number of carbonyl (C=O) groups excluding carboxylic acids is 2. The minimum Gasteiger partial charge on any atom is -0.481 e. The third-order valence-electron chi connectivity index (χ3n) is 16.3. The molecule has 0 saturated heterocycles. The van der Waals surface area contributed by atoms with Crippen molar-refractivity contribution < 1.29 is 19.5 Å². The van der Waals surface area contributed by atoms with Gasteiger partial charge >= 0.3 is 5.97 Å². The Morgan fingerprint density at radius 2 is 1.70 bits per heavy atom. The minimum absolute atomic E-state index is 0.0223. The van der Waals surface area contributed by atoms with Gasteiger partial charge in [0.15, 0.2) is 5.78 Å². The number of aliphatic carboxylic acids is 1.